The first-order valence-corrected chi connectivity index (χ1v) is 7.96. The summed E-state index contributed by atoms with van der Waals surface area (Å²) < 4.78 is 28.2. The van der Waals surface area contributed by atoms with Crippen molar-refractivity contribution in [2.75, 3.05) is 0 Å². The molecule has 0 aliphatic carbocycles. The Hall–Kier alpha value is -2.95. The van der Waals surface area contributed by atoms with Crippen LogP contribution in [0.4, 0.5) is 8.78 Å². The van der Waals surface area contributed by atoms with E-state index in [0.717, 1.165) is 22.5 Å². The van der Waals surface area contributed by atoms with Crippen molar-refractivity contribution in [3.63, 3.8) is 0 Å². The average molecular weight is 340 g/mol. The van der Waals surface area contributed by atoms with Crippen LogP contribution in [0.1, 0.15) is 21.6 Å². The highest BCUT2D eigenvalue weighted by Gasteiger charge is 2.16. The van der Waals surface area contributed by atoms with E-state index in [1.54, 1.807) is 30.3 Å². The molecule has 0 aliphatic rings. The minimum absolute atomic E-state index is 0.274. The zero-order chi connectivity index (χ0) is 18.0. The Bertz CT molecular complexity index is 897. The summed E-state index contributed by atoms with van der Waals surface area (Å²) in [6.07, 6.45) is 0.669. The van der Waals surface area contributed by atoms with E-state index in [1.807, 2.05) is 11.5 Å². The summed E-state index contributed by atoms with van der Waals surface area (Å²) in [6, 6.07) is 14.2. The fourth-order valence-corrected chi connectivity index (χ4v) is 2.93. The highest BCUT2D eigenvalue weighted by atomic mass is 19.1. The molecule has 0 atom stereocenters. The predicted molar refractivity (Wildman–Crippen MR) is 93.2 cm³/mol. The number of nitrogens with two attached hydrogens (primary N) is 1. The molecular formula is C20H18F2N2O. The number of benzene rings is 2. The first-order chi connectivity index (χ1) is 12.0. The van der Waals surface area contributed by atoms with Gasteiger partial charge >= 0.3 is 0 Å². The summed E-state index contributed by atoms with van der Waals surface area (Å²) in [7, 11) is 0. The molecule has 0 bridgehead atoms. The van der Waals surface area contributed by atoms with Crippen LogP contribution in [0.3, 0.4) is 0 Å². The number of aromatic nitrogens is 1. The maximum Gasteiger partial charge on any atom is 0.250 e. The normalized spacial score (nSPS) is 10.8. The molecule has 1 heterocycles. The van der Waals surface area contributed by atoms with E-state index in [1.165, 1.54) is 24.3 Å². The Kier molecular flexibility index (Phi) is 4.65. The van der Waals surface area contributed by atoms with Crippen molar-refractivity contribution in [3.8, 4) is 11.3 Å². The summed E-state index contributed by atoms with van der Waals surface area (Å²) in [5.41, 5.74) is 9.26. The maximum absolute atomic E-state index is 13.2. The highest BCUT2D eigenvalue weighted by molar-refractivity contribution is 5.95. The van der Waals surface area contributed by atoms with Gasteiger partial charge in [-0.2, -0.15) is 0 Å². The van der Waals surface area contributed by atoms with E-state index >= 15 is 0 Å². The number of aryl methyl sites for hydroxylation is 1. The van der Waals surface area contributed by atoms with Crippen molar-refractivity contribution in [1.82, 2.24) is 4.57 Å². The Morgan fingerprint density at radius 1 is 1.00 bits per heavy atom. The molecule has 0 unspecified atom stereocenters. The maximum atomic E-state index is 13.2. The van der Waals surface area contributed by atoms with Crippen molar-refractivity contribution in [2.45, 2.75) is 19.9 Å². The van der Waals surface area contributed by atoms with Crippen LogP contribution in [-0.2, 0) is 13.0 Å². The zero-order valence-electron chi connectivity index (χ0n) is 13.8. The third-order valence-electron chi connectivity index (χ3n) is 4.31. The number of carbonyl (C=O) groups is 1. The average Bonchev–Trinajstić information content (AvgIpc) is 2.92. The molecule has 128 valence electrons. The predicted octanol–water partition coefficient (Wildman–Crippen LogP) is 4.08. The monoisotopic (exact) mass is 340 g/mol. The molecule has 3 aromatic rings. The summed E-state index contributed by atoms with van der Waals surface area (Å²) in [6.45, 7) is 2.43. The van der Waals surface area contributed by atoms with Crippen molar-refractivity contribution in [3.05, 3.63) is 83.1 Å². The van der Waals surface area contributed by atoms with Crippen LogP contribution in [0.2, 0.25) is 0 Å². The fourth-order valence-electron chi connectivity index (χ4n) is 2.93. The SMILES string of the molecule is Cc1c(C(N)=O)cc(-c2ccc(F)cc2)n1CCc1ccc(F)cc1. The first kappa shape index (κ1) is 16.9. The molecule has 0 saturated heterocycles. The Balaban J connectivity index is 1.96. The second-order valence-electron chi connectivity index (χ2n) is 5.93. The number of hydrogen-bond acceptors (Lipinski definition) is 1. The van der Waals surface area contributed by atoms with Gasteiger partial charge in [0.05, 0.1) is 5.56 Å². The van der Waals surface area contributed by atoms with Crippen LogP contribution >= 0.6 is 0 Å². The number of halogens is 2. The van der Waals surface area contributed by atoms with E-state index < -0.39 is 5.91 Å². The summed E-state index contributed by atoms with van der Waals surface area (Å²) >= 11 is 0. The number of hydrogen-bond donors (Lipinski definition) is 1. The third-order valence-corrected chi connectivity index (χ3v) is 4.31. The first-order valence-electron chi connectivity index (χ1n) is 7.96. The molecule has 3 nitrogen and oxygen atoms in total. The molecule has 2 aromatic carbocycles. The Labute approximate surface area is 144 Å². The molecule has 2 N–H and O–H groups in total. The number of carbonyl (C=O) groups excluding carboxylic acids is 1. The van der Waals surface area contributed by atoms with Gasteiger partial charge in [-0.25, -0.2) is 8.78 Å². The summed E-state index contributed by atoms with van der Waals surface area (Å²) in [5, 5.41) is 0. The van der Waals surface area contributed by atoms with E-state index in [4.69, 9.17) is 5.73 Å². The molecule has 25 heavy (non-hydrogen) atoms. The van der Waals surface area contributed by atoms with Gasteiger partial charge in [-0.3, -0.25) is 4.79 Å². The van der Waals surface area contributed by atoms with Gasteiger partial charge in [-0.05, 0) is 66.9 Å². The Morgan fingerprint density at radius 3 is 2.12 bits per heavy atom. The molecule has 0 fully saturated rings. The van der Waals surface area contributed by atoms with Gasteiger partial charge in [0, 0.05) is 17.9 Å². The quantitative estimate of drug-likeness (QED) is 0.747. The minimum Gasteiger partial charge on any atom is -0.366 e. The smallest absolute Gasteiger partial charge is 0.250 e. The van der Waals surface area contributed by atoms with Gasteiger partial charge in [0.2, 0.25) is 0 Å². The standard InChI is InChI=1S/C20H18F2N2O/c1-13-18(20(23)25)12-19(15-4-8-17(22)9-5-15)24(13)11-10-14-2-6-16(21)7-3-14/h2-9,12H,10-11H2,1H3,(H2,23,25). The molecule has 0 saturated carbocycles. The lowest BCUT2D eigenvalue weighted by Crippen LogP contribution is -2.13. The number of nitrogens with zero attached hydrogens (tertiary/aromatic N) is 1. The molecule has 1 aromatic heterocycles. The second-order valence-corrected chi connectivity index (χ2v) is 5.93. The number of primary amides is 1. The van der Waals surface area contributed by atoms with E-state index in [0.29, 0.717) is 18.5 Å². The topological polar surface area (TPSA) is 48.0 Å². The van der Waals surface area contributed by atoms with Crippen molar-refractivity contribution < 1.29 is 13.6 Å². The van der Waals surface area contributed by atoms with Crippen LogP contribution in [0, 0.1) is 18.6 Å². The lowest BCUT2D eigenvalue weighted by Gasteiger charge is -2.12. The van der Waals surface area contributed by atoms with Crippen LogP contribution in [0.25, 0.3) is 11.3 Å². The molecule has 0 radical (unpaired) electrons. The van der Waals surface area contributed by atoms with Crippen LogP contribution < -0.4 is 5.73 Å². The van der Waals surface area contributed by atoms with Crippen LogP contribution in [0.15, 0.2) is 54.6 Å². The van der Waals surface area contributed by atoms with Gasteiger partial charge in [0.25, 0.3) is 5.91 Å². The van der Waals surface area contributed by atoms with Gasteiger partial charge in [-0.1, -0.05) is 12.1 Å². The third kappa shape index (κ3) is 3.60. The van der Waals surface area contributed by atoms with E-state index in [2.05, 4.69) is 0 Å². The molecular weight excluding hydrogens is 322 g/mol. The Morgan fingerprint density at radius 2 is 1.56 bits per heavy atom. The number of amides is 1. The number of rotatable bonds is 5. The van der Waals surface area contributed by atoms with Crippen molar-refractivity contribution in [1.29, 1.82) is 0 Å². The van der Waals surface area contributed by atoms with Gasteiger partial charge in [0.15, 0.2) is 0 Å². The van der Waals surface area contributed by atoms with Gasteiger partial charge in [0.1, 0.15) is 11.6 Å². The summed E-state index contributed by atoms with van der Waals surface area (Å²) in [5.74, 6) is -1.09. The molecule has 3 rings (SSSR count). The van der Waals surface area contributed by atoms with Crippen molar-refractivity contribution in [2.24, 2.45) is 5.73 Å². The fraction of sp³-hybridized carbons (Fsp3) is 0.150. The van der Waals surface area contributed by atoms with Crippen LogP contribution in [0.5, 0.6) is 0 Å². The second kappa shape index (κ2) is 6.89. The lowest BCUT2D eigenvalue weighted by atomic mass is 10.1. The molecule has 5 heteroatoms. The molecule has 1 amide bonds. The van der Waals surface area contributed by atoms with Gasteiger partial charge < -0.3 is 10.3 Å². The molecule has 0 aliphatic heterocycles. The van der Waals surface area contributed by atoms with E-state index in [-0.39, 0.29) is 11.6 Å². The lowest BCUT2D eigenvalue weighted by molar-refractivity contribution is 0.0999. The van der Waals surface area contributed by atoms with Gasteiger partial charge in [-0.15, -0.1) is 0 Å². The van der Waals surface area contributed by atoms with Crippen molar-refractivity contribution >= 4 is 5.91 Å². The highest BCUT2D eigenvalue weighted by Crippen LogP contribution is 2.26. The molecule has 0 spiro atoms. The minimum atomic E-state index is -0.499. The van der Waals surface area contributed by atoms with E-state index in [9.17, 15) is 13.6 Å². The largest absolute Gasteiger partial charge is 0.366 e. The summed E-state index contributed by atoms with van der Waals surface area (Å²) in [4.78, 5) is 11.7. The zero-order valence-corrected chi connectivity index (χ0v) is 13.8. The van der Waals surface area contributed by atoms with Crippen LogP contribution in [-0.4, -0.2) is 10.5 Å².